The van der Waals surface area contributed by atoms with Gasteiger partial charge in [0.05, 0.1) is 10.5 Å². The molecule has 30 heavy (non-hydrogen) atoms. The van der Waals surface area contributed by atoms with E-state index in [0.29, 0.717) is 18.7 Å². The number of hydrogen-bond donors (Lipinski definition) is 1. The van der Waals surface area contributed by atoms with Crippen LogP contribution < -0.4 is 5.32 Å². The molecule has 1 N–H and O–H groups in total. The maximum Gasteiger partial charge on any atom is 0.339 e. The molecule has 0 bridgehead atoms. The summed E-state index contributed by atoms with van der Waals surface area (Å²) >= 11 is 0. The third-order valence-corrected chi connectivity index (χ3v) is 7.19. The number of esters is 1. The van der Waals surface area contributed by atoms with Gasteiger partial charge in [0.2, 0.25) is 16.1 Å². The lowest BCUT2D eigenvalue weighted by atomic mass is 10.1. The molecule has 0 radical (unpaired) electrons. The molecule has 0 spiro atoms. The summed E-state index contributed by atoms with van der Waals surface area (Å²) in [6.45, 7) is 1.03. The number of nitrogens with one attached hydrogen (secondary N) is 1. The van der Waals surface area contributed by atoms with Crippen molar-refractivity contribution >= 4 is 21.9 Å². The topological polar surface area (TPSA) is 92.8 Å². The quantitative estimate of drug-likeness (QED) is 0.685. The van der Waals surface area contributed by atoms with Crippen LogP contribution in [-0.4, -0.2) is 43.7 Å². The molecule has 158 valence electrons. The van der Waals surface area contributed by atoms with E-state index in [-0.39, 0.29) is 22.4 Å². The zero-order chi connectivity index (χ0) is 21.1. The molecule has 2 aromatic carbocycles. The number of benzene rings is 2. The SMILES string of the molecule is O=C(O[C@@H](C(=O)NC1CC1)c1ccccc1)c1ccc(S(=O)(=O)N2CCCC2)cc1. The Balaban J connectivity index is 1.50. The molecule has 1 aliphatic heterocycles. The summed E-state index contributed by atoms with van der Waals surface area (Å²) in [5.41, 5.74) is 0.771. The van der Waals surface area contributed by atoms with Gasteiger partial charge in [-0.2, -0.15) is 4.31 Å². The summed E-state index contributed by atoms with van der Waals surface area (Å²) in [4.78, 5) is 25.5. The minimum atomic E-state index is -3.55. The Bertz CT molecular complexity index is 1010. The number of sulfonamides is 1. The molecule has 8 heteroatoms. The van der Waals surface area contributed by atoms with Gasteiger partial charge in [-0.1, -0.05) is 30.3 Å². The van der Waals surface area contributed by atoms with Crippen molar-refractivity contribution in [3.05, 3.63) is 65.7 Å². The zero-order valence-corrected chi connectivity index (χ0v) is 17.3. The van der Waals surface area contributed by atoms with Crippen LogP contribution >= 0.6 is 0 Å². The van der Waals surface area contributed by atoms with Crippen molar-refractivity contribution in [3.8, 4) is 0 Å². The van der Waals surface area contributed by atoms with Gasteiger partial charge in [0, 0.05) is 24.7 Å². The third kappa shape index (κ3) is 4.55. The van der Waals surface area contributed by atoms with E-state index in [9.17, 15) is 18.0 Å². The standard InChI is InChI=1S/C22H24N2O5S/c25-21(23-18-10-11-18)20(16-6-2-1-3-7-16)29-22(26)17-8-12-19(13-9-17)30(27,28)24-14-4-5-15-24/h1-3,6-9,12-13,18,20H,4-5,10-11,14-15H2,(H,23,25)/t20-/m1/s1. The molecule has 7 nitrogen and oxygen atoms in total. The molecule has 1 heterocycles. The Morgan fingerprint density at radius 1 is 0.967 bits per heavy atom. The van der Waals surface area contributed by atoms with Crippen molar-refractivity contribution < 1.29 is 22.7 Å². The van der Waals surface area contributed by atoms with Crippen LogP contribution in [0.1, 0.15) is 47.7 Å². The Labute approximate surface area is 176 Å². The van der Waals surface area contributed by atoms with E-state index in [1.54, 1.807) is 24.3 Å². The van der Waals surface area contributed by atoms with E-state index in [2.05, 4.69) is 5.32 Å². The van der Waals surface area contributed by atoms with Gasteiger partial charge in [-0.15, -0.1) is 0 Å². The molecule has 1 saturated heterocycles. The second-order valence-corrected chi connectivity index (χ2v) is 9.55. The number of nitrogens with zero attached hydrogens (tertiary/aromatic N) is 1. The van der Waals surface area contributed by atoms with E-state index in [0.717, 1.165) is 25.7 Å². The highest BCUT2D eigenvalue weighted by Gasteiger charge is 2.31. The van der Waals surface area contributed by atoms with Crippen LogP contribution in [0.3, 0.4) is 0 Å². The maximum absolute atomic E-state index is 12.7. The second kappa shape index (κ2) is 8.57. The normalized spacial score (nSPS) is 18.0. The van der Waals surface area contributed by atoms with E-state index in [1.165, 1.54) is 28.6 Å². The summed E-state index contributed by atoms with van der Waals surface area (Å²) in [5, 5.41) is 2.87. The third-order valence-electron chi connectivity index (χ3n) is 5.28. The number of carbonyl (C=O) groups is 2. The molecule has 1 atom stereocenters. The van der Waals surface area contributed by atoms with Gasteiger partial charge >= 0.3 is 5.97 Å². The fraction of sp³-hybridized carbons (Fsp3) is 0.364. The first-order chi connectivity index (χ1) is 14.4. The number of carbonyl (C=O) groups excluding carboxylic acids is 2. The molecule has 1 amide bonds. The Kier molecular flexibility index (Phi) is 5.87. The van der Waals surface area contributed by atoms with Gasteiger partial charge in [-0.05, 0) is 49.9 Å². The van der Waals surface area contributed by atoms with Crippen molar-refractivity contribution in [1.29, 1.82) is 0 Å². The summed E-state index contributed by atoms with van der Waals surface area (Å²) in [6.07, 6.45) is 2.50. The molecule has 0 unspecified atom stereocenters. The second-order valence-electron chi connectivity index (χ2n) is 7.61. The molecule has 2 aromatic rings. The lowest BCUT2D eigenvalue weighted by Crippen LogP contribution is -2.33. The fourth-order valence-corrected chi connectivity index (χ4v) is 4.94. The van der Waals surface area contributed by atoms with E-state index in [1.807, 2.05) is 6.07 Å². The summed E-state index contributed by atoms with van der Waals surface area (Å²) in [5.74, 6) is -1.04. The van der Waals surface area contributed by atoms with Crippen molar-refractivity contribution in [1.82, 2.24) is 9.62 Å². The van der Waals surface area contributed by atoms with Crippen molar-refractivity contribution in [3.63, 3.8) is 0 Å². The molecule has 1 aliphatic carbocycles. The lowest BCUT2D eigenvalue weighted by molar-refractivity contribution is -0.130. The summed E-state index contributed by atoms with van der Waals surface area (Å²) in [6, 6.07) is 14.6. The molecule has 2 aliphatic rings. The van der Waals surface area contributed by atoms with Crippen molar-refractivity contribution in [2.45, 2.75) is 42.7 Å². The van der Waals surface area contributed by atoms with Crippen LogP contribution in [0.25, 0.3) is 0 Å². The summed E-state index contributed by atoms with van der Waals surface area (Å²) in [7, 11) is -3.55. The van der Waals surface area contributed by atoms with Crippen LogP contribution in [0.5, 0.6) is 0 Å². The first-order valence-corrected chi connectivity index (χ1v) is 11.6. The minimum Gasteiger partial charge on any atom is -0.444 e. The predicted octanol–water partition coefficient (Wildman–Crippen LogP) is 2.65. The van der Waals surface area contributed by atoms with Gasteiger partial charge in [-0.3, -0.25) is 4.79 Å². The van der Waals surface area contributed by atoms with Crippen LogP contribution in [0.4, 0.5) is 0 Å². The highest BCUT2D eigenvalue weighted by molar-refractivity contribution is 7.89. The molecule has 4 rings (SSSR count). The van der Waals surface area contributed by atoms with Gasteiger partial charge in [0.1, 0.15) is 0 Å². The molecular weight excluding hydrogens is 404 g/mol. The minimum absolute atomic E-state index is 0.137. The molecule has 2 fully saturated rings. The van der Waals surface area contributed by atoms with E-state index >= 15 is 0 Å². The fourth-order valence-electron chi connectivity index (χ4n) is 3.42. The highest BCUT2D eigenvalue weighted by Crippen LogP contribution is 2.25. The van der Waals surface area contributed by atoms with Crippen LogP contribution in [0, 0.1) is 0 Å². The van der Waals surface area contributed by atoms with Gasteiger partial charge in [-0.25, -0.2) is 13.2 Å². The average molecular weight is 429 g/mol. The summed E-state index contributed by atoms with van der Waals surface area (Å²) < 4.78 is 32.2. The lowest BCUT2D eigenvalue weighted by Gasteiger charge is -2.18. The Hall–Kier alpha value is -2.71. The van der Waals surface area contributed by atoms with E-state index in [4.69, 9.17) is 4.74 Å². The molecule has 0 aromatic heterocycles. The number of hydrogen-bond acceptors (Lipinski definition) is 5. The number of ether oxygens (including phenoxy) is 1. The number of rotatable bonds is 7. The monoisotopic (exact) mass is 428 g/mol. The Morgan fingerprint density at radius 2 is 1.60 bits per heavy atom. The smallest absolute Gasteiger partial charge is 0.339 e. The average Bonchev–Trinajstić information content (AvgIpc) is 3.39. The van der Waals surface area contributed by atoms with Gasteiger partial charge < -0.3 is 10.1 Å². The van der Waals surface area contributed by atoms with Crippen molar-refractivity contribution in [2.24, 2.45) is 0 Å². The Morgan fingerprint density at radius 3 is 2.20 bits per heavy atom. The first-order valence-electron chi connectivity index (χ1n) is 10.1. The van der Waals surface area contributed by atoms with Gasteiger partial charge in [0.25, 0.3) is 5.91 Å². The van der Waals surface area contributed by atoms with Gasteiger partial charge in [0.15, 0.2) is 0 Å². The van der Waals surface area contributed by atoms with Crippen LogP contribution in [-0.2, 0) is 19.6 Å². The number of amides is 1. The largest absolute Gasteiger partial charge is 0.444 e. The maximum atomic E-state index is 12.7. The predicted molar refractivity (Wildman–Crippen MR) is 110 cm³/mol. The molecule has 1 saturated carbocycles. The van der Waals surface area contributed by atoms with Crippen molar-refractivity contribution in [2.75, 3.05) is 13.1 Å². The first kappa shape index (κ1) is 20.6. The van der Waals surface area contributed by atoms with Crippen LogP contribution in [0.2, 0.25) is 0 Å². The zero-order valence-electron chi connectivity index (χ0n) is 16.5. The highest BCUT2D eigenvalue weighted by atomic mass is 32.2. The molecular formula is C22H24N2O5S. The van der Waals surface area contributed by atoms with Crippen LogP contribution in [0.15, 0.2) is 59.5 Å². The van der Waals surface area contributed by atoms with E-state index < -0.39 is 22.1 Å².